The fourth-order valence-electron chi connectivity index (χ4n) is 3.66. The molecule has 33 heavy (non-hydrogen) atoms. The number of anilines is 2. The maximum Gasteiger partial charge on any atom is 0.273 e. The smallest absolute Gasteiger partial charge is 0.273 e. The molecule has 0 aromatic carbocycles. The van der Waals surface area contributed by atoms with E-state index in [4.69, 9.17) is 0 Å². The fraction of sp³-hybridized carbons (Fsp3) is 0.435. The van der Waals surface area contributed by atoms with Crippen molar-refractivity contribution in [2.24, 2.45) is 0 Å². The fourth-order valence-corrected chi connectivity index (χ4v) is 3.66. The molecule has 0 spiro atoms. The van der Waals surface area contributed by atoms with Gasteiger partial charge < -0.3 is 15.5 Å². The maximum atomic E-state index is 14.2. The number of pyridine rings is 2. The van der Waals surface area contributed by atoms with Gasteiger partial charge in [-0.05, 0) is 37.1 Å². The van der Waals surface area contributed by atoms with E-state index in [0.29, 0.717) is 29.2 Å². The molecule has 2 aromatic heterocycles. The predicted molar refractivity (Wildman–Crippen MR) is 119 cm³/mol. The quantitative estimate of drug-likeness (QED) is 0.614. The van der Waals surface area contributed by atoms with Crippen molar-refractivity contribution < 1.29 is 23.2 Å². The number of carbonyl (C=O) groups excluding carboxylic acids is 3. The van der Waals surface area contributed by atoms with Gasteiger partial charge in [-0.3, -0.25) is 14.4 Å². The van der Waals surface area contributed by atoms with Crippen LogP contribution >= 0.6 is 0 Å². The first-order valence-electron chi connectivity index (χ1n) is 10.8. The molecule has 0 bridgehead atoms. The zero-order chi connectivity index (χ0) is 24.2. The van der Waals surface area contributed by atoms with E-state index in [-0.39, 0.29) is 36.8 Å². The molecule has 1 aliphatic rings. The summed E-state index contributed by atoms with van der Waals surface area (Å²) < 4.78 is 28.3. The number of aryl methyl sites for hydroxylation is 1. The molecule has 2 N–H and O–H groups in total. The SMILES string of the molecule is CCC(=O)c1ccnc(Nc2ccc(C)c(C(=O)N3CC(F)(F)CC[C@@H]3CNC(C)=O)n2)c1. The highest BCUT2D eigenvalue weighted by Crippen LogP contribution is 2.31. The van der Waals surface area contributed by atoms with Crippen molar-refractivity contribution in [1.29, 1.82) is 0 Å². The Morgan fingerprint density at radius 3 is 2.67 bits per heavy atom. The summed E-state index contributed by atoms with van der Waals surface area (Å²) in [5.41, 5.74) is 1.06. The summed E-state index contributed by atoms with van der Waals surface area (Å²) in [6.07, 6.45) is 1.56. The summed E-state index contributed by atoms with van der Waals surface area (Å²) in [7, 11) is 0. The van der Waals surface area contributed by atoms with Crippen LogP contribution in [0.15, 0.2) is 30.5 Å². The molecular weight excluding hydrogens is 432 g/mol. The Hall–Kier alpha value is -3.43. The van der Waals surface area contributed by atoms with E-state index >= 15 is 0 Å². The van der Waals surface area contributed by atoms with E-state index in [1.54, 1.807) is 38.1 Å². The van der Waals surface area contributed by atoms with Crippen LogP contribution in [-0.2, 0) is 4.79 Å². The molecule has 3 rings (SSSR count). The predicted octanol–water partition coefficient (Wildman–Crippen LogP) is 3.50. The third kappa shape index (κ3) is 6.09. The van der Waals surface area contributed by atoms with Crippen LogP contribution in [0.25, 0.3) is 0 Å². The molecule has 1 aliphatic heterocycles. The molecule has 2 aromatic rings. The molecular formula is C23H27F2N5O3. The van der Waals surface area contributed by atoms with Gasteiger partial charge in [0.2, 0.25) is 5.91 Å². The van der Waals surface area contributed by atoms with E-state index < -0.39 is 24.4 Å². The van der Waals surface area contributed by atoms with E-state index in [2.05, 4.69) is 20.6 Å². The van der Waals surface area contributed by atoms with Gasteiger partial charge in [-0.25, -0.2) is 18.7 Å². The molecule has 0 saturated carbocycles. The Balaban J connectivity index is 1.86. The van der Waals surface area contributed by atoms with Gasteiger partial charge in [-0.1, -0.05) is 13.0 Å². The first kappa shape index (κ1) is 24.2. The number of nitrogens with one attached hydrogen (secondary N) is 2. The topological polar surface area (TPSA) is 104 Å². The Labute approximate surface area is 190 Å². The van der Waals surface area contributed by atoms with Crippen molar-refractivity contribution in [2.75, 3.05) is 18.4 Å². The zero-order valence-electron chi connectivity index (χ0n) is 18.8. The lowest BCUT2D eigenvalue weighted by molar-refractivity contribution is -0.119. The molecule has 176 valence electrons. The van der Waals surface area contributed by atoms with Crippen LogP contribution in [0.5, 0.6) is 0 Å². The van der Waals surface area contributed by atoms with Crippen molar-refractivity contribution in [3.63, 3.8) is 0 Å². The zero-order valence-corrected chi connectivity index (χ0v) is 18.8. The van der Waals surface area contributed by atoms with Crippen LogP contribution in [0, 0.1) is 6.92 Å². The average Bonchev–Trinajstić information content (AvgIpc) is 2.78. The summed E-state index contributed by atoms with van der Waals surface area (Å²) in [6.45, 7) is 4.13. The van der Waals surface area contributed by atoms with Crippen LogP contribution < -0.4 is 10.6 Å². The first-order valence-corrected chi connectivity index (χ1v) is 10.8. The minimum absolute atomic E-state index is 0.0336. The lowest BCUT2D eigenvalue weighted by Crippen LogP contribution is -2.55. The second-order valence-corrected chi connectivity index (χ2v) is 8.11. The number of piperidine rings is 1. The number of amides is 2. The summed E-state index contributed by atoms with van der Waals surface area (Å²) in [5.74, 6) is -3.31. The maximum absolute atomic E-state index is 14.2. The molecule has 3 heterocycles. The van der Waals surface area contributed by atoms with Crippen LogP contribution in [0.2, 0.25) is 0 Å². The van der Waals surface area contributed by atoms with Gasteiger partial charge in [0.05, 0.1) is 6.54 Å². The molecule has 0 unspecified atom stereocenters. The van der Waals surface area contributed by atoms with E-state index in [1.165, 1.54) is 13.1 Å². The Kier molecular flexibility index (Phi) is 7.35. The van der Waals surface area contributed by atoms with Crippen LogP contribution in [0.1, 0.15) is 59.5 Å². The van der Waals surface area contributed by atoms with E-state index in [9.17, 15) is 23.2 Å². The number of hydrogen-bond acceptors (Lipinski definition) is 6. The first-order chi connectivity index (χ1) is 15.6. The number of Topliss-reactive ketones (excluding diaryl/α,β-unsaturated/α-hetero) is 1. The van der Waals surface area contributed by atoms with Crippen LogP contribution in [0.3, 0.4) is 0 Å². The van der Waals surface area contributed by atoms with Gasteiger partial charge in [0.1, 0.15) is 17.3 Å². The van der Waals surface area contributed by atoms with Crippen molar-refractivity contribution in [3.05, 3.63) is 47.3 Å². The molecule has 10 heteroatoms. The Morgan fingerprint density at radius 2 is 1.97 bits per heavy atom. The number of aromatic nitrogens is 2. The molecule has 1 atom stereocenters. The summed E-state index contributed by atoms with van der Waals surface area (Å²) in [4.78, 5) is 46.2. The largest absolute Gasteiger partial charge is 0.354 e. The van der Waals surface area contributed by atoms with E-state index in [1.807, 2.05) is 0 Å². The second kappa shape index (κ2) is 10.0. The Morgan fingerprint density at radius 1 is 1.21 bits per heavy atom. The van der Waals surface area contributed by atoms with E-state index in [0.717, 1.165) is 4.90 Å². The van der Waals surface area contributed by atoms with Crippen molar-refractivity contribution in [3.8, 4) is 0 Å². The van der Waals surface area contributed by atoms with Gasteiger partial charge in [0.15, 0.2) is 5.78 Å². The van der Waals surface area contributed by atoms with Gasteiger partial charge in [-0.2, -0.15) is 0 Å². The minimum atomic E-state index is -3.01. The number of carbonyl (C=O) groups is 3. The monoisotopic (exact) mass is 459 g/mol. The van der Waals surface area contributed by atoms with Gasteiger partial charge in [0, 0.05) is 44.1 Å². The Bertz CT molecular complexity index is 1060. The van der Waals surface area contributed by atoms with Crippen molar-refractivity contribution >= 4 is 29.2 Å². The van der Waals surface area contributed by atoms with Crippen molar-refractivity contribution in [2.45, 2.75) is 52.0 Å². The molecule has 0 aliphatic carbocycles. The lowest BCUT2D eigenvalue weighted by Gasteiger charge is -2.39. The molecule has 0 radical (unpaired) electrons. The number of ketones is 1. The normalized spacial score (nSPS) is 17.4. The minimum Gasteiger partial charge on any atom is -0.354 e. The number of alkyl halides is 2. The van der Waals surface area contributed by atoms with Gasteiger partial charge >= 0.3 is 0 Å². The van der Waals surface area contributed by atoms with Crippen LogP contribution in [0.4, 0.5) is 20.4 Å². The summed E-state index contributed by atoms with van der Waals surface area (Å²) in [5, 5.41) is 5.58. The van der Waals surface area contributed by atoms with Gasteiger partial charge in [-0.15, -0.1) is 0 Å². The van der Waals surface area contributed by atoms with Crippen LogP contribution in [-0.4, -0.2) is 57.5 Å². The molecule has 1 fully saturated rings. The highest BCUT2D eigenvalue weighted by Gasteiger charge is 2.42. The van der Waals surface area contributed by atoms with Gasteiger partial charge in [0.25, 0.3) is 11.8 Å². The highest BCUT2D eigenvalue weighted by atomic mass is 19.3. The molecule has 8 nitrogen and oxygen atoms in total. The number of halogens is 2. The second-order valence-electron chi connectivity index (χ2n) is 8.11. The van der Waals surface area contributed by atoms with Crippen molar-refractivity contribution in [1.82, 2.24) is 20.2 Å². The molecule has 2 amide bonds. The summed E-state index contributed by atoms with van der Waals surface area (Å²) in [6, 6.07) is 5.94. The number of likely N-dealkylation sites (tertiary alicyclic amines) is 1. The number of hydrogen-bond donors (Lipinski definition) is 2. The number of nitrogens with zero attached hydrogens (tertiary/aromatic N) is 3. The average molecular weight is 459 g/mol. The standard InChI is InChI=1S/C23H27F2N5O3/c1-4-18(32)16-8-10-26-20(11-16)28-19-6-5-14(2)21(29-19)22(33)30-13-23(24,25)9-7-17(30)12-27-15(3)31/h5-6,8,10-11,17H,4,7,9,12-13H2,1-3H3,(H,27,31)(H,26,28,29)/t17-/m1/s1. The third-order valence-electron chi connectivity index (χ3n) is 5.49. The number of rotatable bonds is 7. The summed E-state index contributed by atoms with van der Waals surface area (Å²) >= 11 is 0. The third-order valence-corrected chi connectivity index (χ3v) is 5.49. The lowest BCUT2D eigenvalue weighted by atomic mass is 9.98. The highest BCUT2D eigenvalue weighted by molar-refractivity contribution is 5.96. The molecule has 1 saturated heterocycles.